The van der Waals surface area contributed by atoms with Crippen molar-refractivity contribution in [3.8, 4) is 0 Å². The van der Waals surface area contributed by atoms with Gasteiger partial charge >= 0.3 is 12.0 Å². The smallest absolute Gasteiger partial charge is 0.326 e. The molecule has 0 bridgehead atoms. The van der Waals surface area contributed by atoms with Crippen LogP contribution in [0.5, 0.6) is 0 Å². The number of hydrogen-bond donors (Lipinski definition) is 3. The van der Waals surface area contributed by atoms with E-state index in [0.29, 0.717) is 19.6 Å². The van der Waals surface area contributed by atoms with E-state index >= 15 is 0 Å². The number of anilines is 1. The van der Waals surface area contributed by atoms with Gasteiger partial charge < -0.3 is 30.3 Å². The van der Waals surface area contributed by atoms with Crippen molar-refractivity contribution in [1.29, 1.82) is 0 Å². The number of alkyl halides is 1. The van der Waals surface area contributed by atoms with Crippen LogP contribution >= 0.6 is 0 Å². The molecule has 2 unspecified atom stereocenters. The van der Waals surface area contributed by atoms with Gasteiger partial charge in [-0.15, -0.1) is 0 Å². The highest BCUT2D eigenvalue weighted by atomic mass is 19.1. The second-order valence-corrected chi connectivity index (χ2v) is 10.1. The van der Waals surface area contributed by atoms with Gasteiger partial charge in [0.15, 0.2) is 0 Å². The minimum absolute atomic E-state index is 0.0123. The minimum atomic E-state index is -1.17. The van der Waals surface area contributed by atoms with Crippen molar-refractivity contribution in [1.82, 2.24) is 20.1 Å². The van der Waals surface area contributed by atoms with Crippen molar-refractivity contribution < 1.29 is 23.8 Å². The normalized spacial score (nSPS) is 14.8. The van der Waals surface area contributed by atoms with Gasteiger partial charge in [-0.25, -0.2) is 19.0 Å². The van der Waals surface area contributed by atoms with Crippen LogP contribution in [0, 0.1) is 5.92 Å². The number of methoxy groups -OCH3 is 1. The zero-order valence-electron chi connectivity index (χ0n) is 22.3. The average Bonchev–Trinajstić information content (AvgIpc) is 2.83. The van der Waals surface area contributed by atoms with E-state index in [1.807, 2.05) is 18.7 Å². The van der Waals surface area contributed by atoms with Gasteiger partial charge in [0.2, 0.25) is 0 Å². The topological polar surface area (TPSA) is 107 Å². The van der Waals surface area contributed by atoms with E-state index < -0.39 is 24.2 Å². The number of rotatable bonds is 16. The van der Waals surface area contributed by atoms with Crippen molar-refractivity contribution in [3.05, 3.63) is 23.4 Å². The lowest BCUT2D eigenvalue weighted by Crippen LogP contribution is -2.49. The van der Waals surface area contributed by atoms with E-state index in [4.69, 9.17) is 9.72 Å². The number of nitrogens with one attached hydrogen (secondary N) is 2. The maximum atomic E-state index is 14.3. The number of unbranched alkanes of at least 4 members (excludes halogenated alkanes) is 1. The third-order valence-corrected chi connectivity index (χ3v) is 6.23. The summed E-state index contributed by atoms with van der Waals surface area (Å²) in [7, 11) is 3.10. The second kappa shape index (κ2) is 15.6. The number of aromatic nitrogens is 1. The number of pyridine rings is 1. The lowest BCUT2D eigenvalue weighted by Gasteiger charge is -2.27. The van der Waals surface area contributed by atoms with Crippen LogP contribution in [0.1, 0.15) is 50.8 Å². The van der Waals surface area contributed by atoms with Crippen LogP contribution in [0.25, 0.3) is 0 Å². The molecule has 3 N–H and O–H groups in total. The van der Waals surface area contributed by atoms with Crippen molar-refractivity contribution >= 4 is 17.8 Å². The summed E-state index contributed by atoms with van der Waals surface area (Å²) in [6.45, 7) is 6.59. The first-order chi connectivity index (χ1) is 17.2. The standard InChI is InChI=1S/C26H44FN5O4/c1-19(2)16-31(3)26(35)30-23(25(33)34)12-15-32(17-21(27)18-36-4)14-6-5-9-22-11-10-20-8-7-13-28-24(20)29-22/h10-11,19,21,23H,5-9,12-18H2,1-4H3,(H,28,29)(H,30,35)(H,33,34). The second-order valence-electron chi connectivity index (χ2n) is 10.1. The number of carboxylic acid groups (broad SMARTS) is 1. The molecule has 2 heterocycles. The van der Waals surface area contributed by atoms with E-state index in [2.05, 4.69) is 22.8 Å². The van der Waals surface area contributed by atoms with E-state index in [-0.39, 0.29) is 25.5 Å². The molecule has 0 spiro atoms. The Bertz CT molecular complexity index is 826. The molecule has 0 saturated heterocycles. The van der Waals surface area contributed by atoms with Gasteiger partial charge in [0.05, 0.1) is 6.61 Å². The summed E-state index contributed by atoms with van der Waals surface area (Å²) < 4.78 is 19.3. The van der Waals surface area contributed by atoms with E-state index in [0.717, 1.165) is 50.2 Å². The number of hydrogen-bond acceptors (Lipinski definition) is 6. The quantitative estimate of drug-likeness (QED) is 0.294. The lowest BCUT2D eigenvalue weighted by atomic mass is 10.1. The number of urea groups is 1. The fraction of sp³-hybridized carbons (Fsp3) is 0.731. The summed E-state index contributed by atoms with van der Waals surface area (Å²) in [5, 5.41) is 15.6. The van der Waals surface area contributed by atoms with Gasteiger partial charge in [-0.05, 0) is 62.6 Å². The van der Waals surface area contributed by atoms with Crippen LogP contribution < -0.4 is 10.6 Å². The molecular weight excluding hydrogens is 465 g/mol. The summed E-state index contributed by atoms with van der Waals surface area (Å²) in [6.07, 6.45) is 3.75. The lowest BCUT2D eigenvalue weighted by molar-refractivity contribution is -0.139. The Labute approximate surface area is 214 Å². The highest BCUT2D eigenvalue weighted by Crippen LogP contribution is 2.20. The maximum absolute atomic E-state index is 14.3. The molecule has 0 saturated carbocycles. The molecule has 10 heteroatoms. The number of aliphatic carboxylic acids is 1. The zero-order valence-corrected chi connectivity index (χ0v) is 22.3. The summed E-state index contributed by atoms with van der Waals surface area (Å²) in [5.41, 5.74) is 2.30. The number of amides is 2. The summed E-state index contributed by atoms with van der Waals surface area (Å²) >= 11 is 0. The molecule has 0 radical (unpaired) electrons. The maximum Gasteiger partial charge on any atom is 0.326 e. The summed E-state index contributed by atoms with van der Waals surface area (Å²) in [4.78, 5) is 32.3. The van der Waals surface area contributed by atoms with Gasteiger partial charge in [-0.2, -0.15) is 0 Å². The van der Waals surface area contributed by atoms with Gasteiger partial charge in [-0.1, -0.05) is 19.9 Å². The molecule has 0 aromatic carbocycles. The fourth-order valence-corrected chi connectivity index (χ4v) is 4.42. The molecule has 36 heavy (non-hydrogen) atoms. The van der Waals surface area contributed by atoms with Crippen molar-refractivity contribution in [2.24, 2.45) is 5.92 Å². The molecule has 1 aromatic heterocycles. The number of nitrogens with zero attached hydrogens (tertiary/aromatic N) is 3. The molecule has 204 valence electrons. The number of fused-ring (bicyclic) bond motifs is 1. The predicted octanol–water partition coefficient (Wildman–Crippen LogP) is 3.19. The molecule has 2 amide bonds. The Morgan fingerprint density at radius 2 is 2.03 bits per heavy atom. The average molecular weight is 510 g/mol. The van der Waals surface area contributed by atoms with Gasteiger partial charge in [-0.3, -0.25) is 0 Å². The Balaban J connectivity index is 1.87. The monoisotopic (exact) mass is 509 g/mol. The SMILES string of the molecule is COCC(F)CN(CCCCc1ccc2c(n1)NCCC2)CCC(NC(=O)N(C)CC(C)C)C(=O)O. The highest BCUT2D eigenvalue weighted by Gasteiger charge is 2.24. The van der Waals surface area contributed by atoms with E-state index in [9.17, 15) is 19.1 Å². The largest absolute Gasteiger partial charge is 0.480 e. The Hall–Kier alpha value is -2.46. The first-order valence-corrected chi connectivity index (χ1v) is 13.0. The van der Waals surface area contributed by atoms with Gasteiger partial charge in [0, 0.05) is 46.0 Å². The summed E-state index contributed by atoms with van der Waals surface area (Å²) in [5.74, 6) is 0.164. The third-order valence-electron chi connectivity index (χ3n) is 6.23. The Kier molecular flexibility index (Phi) is 12.9. The van der Waals surface area contributed by atoms with Crippen LogP contribution in [0.2, 0.25) is 0 Å². The number of ether oxygens (including phenoxy) is 1. The number of carbonyl (C=O) groups excluding carboxylic acids is 1. The molecule has 2 rings (SSSR count). The van der Waals surface area contributed by atoms with Crippen molar-refractivity contribution in [2.45, 2.75) is 64.6 Å². The first kappa shape index (κ1) is 29.8. The minimum Gasteiger partial charge on any atom is -0.480 e. The number of carbonyl (C=O) groups is 2. The van der Waals surface area contributed by atoms with Crippen LogP contribution in [-0.4, -0.2) is 97.6 Å². The molecule has 1 aliphatic heterocycles. The molecule has 0 aliphatic carbocycles. The van der Waals surface area contributed by atoms with E-state index in [1.165, 1.54) is 17.6 Å². The number of halogens is 1. The fourth-order valence-electron chi connectivity index (χ4n) is 4.42. The van der Waals surface area contributed by atoms with Crippen LogP contribution in [0.3, 0.4) is 0 Å². The molecule has 0 fully saturated rings. The van der Waals surface area contributed by atoms with Crippen LogP contribution in [-0.2, 0) is 22.4 Å². The van der Waals surface area contributed by atoms with Gasteiger partial charge in [0.25, 0.3) is 0 Å². The molecule has 1 aliphatic rings. The number of carboxylic acids is 1. The molecule has 9 nitrogen and oxygen atoms in total. The Morgan fingerprint density at radius 3 is 2.72 bits per heavy atom. The third kappa shape index (κ3) is 10.7. The highest BCUT2D eigenvalue weighted by molar-refractivity contribution is 5.82. The molecular formula is C26H44FN5O4. The molecule has 2 atom stereocenters. The first-order valence-electron chi connectivity index (χ1n) is 13.0. The van der Waals surface area contributed by atoms with E-state index in [1.54, 1.807) is 7.05 Å². The van der Waals surface area contributed by atoms with Crippen molar-refractivity contribution in [3.63, 3.8) is 0 Å². The van der Waals surface area contributed by atoms with Gasteiger partial charge in [0.1, 0.15) is 18.0 Å². The van der Waals surface area contributed by atoms with Crippen LogP contribution in [0.4, 0.5) is 15.0 Å². The zero-order chi connectivity index (χ0) is 26.5. The van der Waals surface area contributed by atoms with Crippen LogP contribution in [0.15, 0.2) is 12.1 Å². The summed E-state index contributed by atoms with van der Waals surface area (Å²) in [6, 6.07) is 2.77. The predicted molar refractivity (Wildman–Crippen MR) is 139 cm³/mol. The number of aryl methyl sites for hydroxylation is 2. The Morgan fingerprint density at radius 1 is 1.25 bits per heavy atom. The molecule has 1 aromatic rings. The van der Waals surface area contributed by atoms with Crippen molar-refractivity contribution in [2.75, 3.05) is 58.8 Å².